The van der Waals surface area contributed by atoms with Crippen LogP contribution in [0.25, 0.3) is 4.85 Å². The van der Waals surface area contributed by atoms with E-state index in [0.717, 1.165) is 76.8 Å². The van der Waals surface area contributed by atoms with Crippen molar-refractivity contribution in [2.45, 2.75) is 70.4 Å². The zero-order valence-corrected chi connectivity index (χ0v) is 23.1. The predicted molar refractivity (Wildman–Crippen MR) is 153 cm³/mol. The molecule has 202 valence electrons. The van der Waals surface area contributed by atoms with E-state index in [1.54, 1.807) is 0 Å². The van der Waals surface area contributed by atoms with Crippen molar-refractivity contribution in [3.63, 3.8) is 0 Å². The number of hydrogen-bond donors (Lipinski definition) is 0. The number of esters is 1. The number of hydrogen-bond acceptors (Lipinski definition) is 4. The van der Waals surface area contributed by atoms with Gasteiger partial charge < -0.3 is 19.4 Å². The third kappa shape index (κ3) is 5.47. The lowest BCUT2D eigenvalue weighted by Gasteiger charge is -2.46. The fraction of sp³-hybridized carbons (Fsp3) is 0.576. The van der Waals surface area contributed by atoms with E-state index >= 15 is 0 Å². The number of carbonyl (C=O) groups excluding carboxylic acids is 1. The Labute approximate surface area is 229 Å². The van der Waals surface area contributed by atoms with E-state index in [1.807, 2.05) is 13.0 Å². The van der Waals surface area contributed by atoms with E-state index in [-0.39, 0.29) is 23.9 Å². The summed E-state index contributed by atoms with van der Waals surface area (Å²) >= 11 is 0. The van der Waals surface area contributed by atoms with Gasteiger partial charge in [0.2, 0.25) is 0 Å². The number of carbonyl (C=O) groups is 1. The highest BCUT2D eigenvalue weighted by atomic mass is 16.5. The van der Waals surface area contributed by atoms with Gasteiger partial charge in [0.15, 0.2) is 0 Å². The molecule has 0 unspecified atom stereocenters. The average molecular weight is 514 g/mol. The molecule has 3 atom stereocenters. The van der Waals surface area contributed by atoms with Gasteiger partial charge in [-0.2, -0.15) is 0 Å². The van der Waals surface area contributed by atoms with E-state index < -0.39 is 5.54 Å². The van der Waals surface area contributed by atoms with Crippen molar-refractivity contribution in [1.82, 2.24) is 4.90 Å². The average Bonchev–Trinajstić information content (AvgIpc) is 3.37. The number of ether oxygens (including phenoxy) is 1. The predicted octanol–water partition coefficient (Wildman–Crippen LogP) is 6.47. The number of aryl methyl sites for hydroxylation is 1. The number of piperidine rings is 1. The van der Waals surface area contributed by atoms with Crippen LogP contribution in [0.1, 0.15) is 63.0 Å². The number of likely N-dealkylation sites (tertiary alicyclic amines) is 1. The number of anilines is 1. The van der Waals surface area contributed by atoms with Gasteiger partial charge in [0.25, 0.3) is 5.54 Å². The van der Waals surface area contributed by atoms with Gasteiger partial charge in [0.05, 0.1) is 5.92 Å². The SMILES string of the molecule is [C-]#[N+][C@@](c1ccccc1)(C1CCN(CC2CN(c3ccc(C)cc3)C2)CC1)[C@H]1CCC[C@@H]1OC(=O)CCC. The Kier molecular flexibility index (Phi) is 8.39. The summed E-state index contributed by atoms with van der Waals surface area (Å²) in [6, 6.07) is 19.3. The fourth-order valence-corrected chi connectivity index (χ4v) is 7.27. The van der Waals surface area contributed by atoms with Crippen LogP contribution in [0.5, 0.6) is 0 Å². The third-order valence-electron chi connectivity index (χ3n) is 9.26. The van der Waals surface area contributed by atoms with Crippen molar-refractivity contribution >= 4 is 11.7 Å². The lowest BCUT2D eigenvalue weighted by Crippen LogP contribution is -2.54. The Balaban J connectivity index is 1.25. The minimum Gasteiger partial charge on any atom is -0.462 e. The zero-order valence-electron chi connectivity index (χ0n) is 23.1. The largest absolute Gasteiger partial charge is 0.462 e. The minimum atomic E-state index is -0.625. The standard InChI is InChI=1S/C33H43N3O2/c1-4-9-32(37)38-31-13-8-12-30(31)33(34-3,27-10-6-5-7-11-27)28-18-20-35(21-19-28)22-26-23-36(24-26)29-16-14-25(2)15-17-29/h5-7,10-11,14-17,26,28,30-31H,4,8-9,12-13,18-24H2,1-2H3/t30-,31-,33-/m0/s1. The molecule has 2 aliphatic heterocycles. The van der Waals surface area contributed by atoms with Crippen molar-refractivity contribution in [3.8, 4) is 0 Å². The van der Waals surface area contributed by atoms with E-state index in [4.69, 9.17) is 11.3 Å². The van der Waals surface area contributed by atoms with Gasteiger partial charge in [0.1, 0.15) is 6.10 Å². The van der Waals surface area contributed by atoms with E-state index in [9.17, 15) is 4.79 Å². The summed E-state index contributed by atoms with van der Waals surface area (Å²) in [5.74, 6) is 0.949. The molecule has 0 amide bonds. The maximum atomic E-state index is 12.5. The number of rotatable bonds is 9. The van der Waals surface area contributed by atoms with Gasteiger partial charge in [-0.15, -0.1) is 0 Å². The first-order chi connectivity index (χ1) is 18.5. The molecule has 0 spiro atoms. The molecular weight excluding hydrogens is 470 g/mol. The molecule has 5 rings (SSSR count). The topological polar surface area (TPSA) is 37.1 Å². The fourth-order valence-electron chi connectivity index (χ4n) is 7.27. The Morgan fingerprint density at radius 1 is 1.03 bits per heavy atom. The van der Waals surface area contributed by atoms with E-state index in [1.165, 1.54) is 11.3 Å². The Hall–Kier alpha value is -2.84. The molecule has 0 bridgehead atoms. The molecule has 1 saturated carbocycles. The first-order valence-electron chi connectivity index (χ1n) is 14.7. The summed E-state index contributed by atoms with van der Waals surface area (Å²) in [5.41, 5.74) is 3.13. The summed E-state index contributed by atoms with van der Waals surface area (Å²) in [7, 11) is 0. The van der Waals surface area contributed by atoms with Crippen molar-refractivity contribution in [2.24, 2.45) is 17.8 Å². The number of nitrogens with zero attached hydrogens (tertiary/aromatic N) is 3. The molecule has 1 aliphatic carbocycles. The Morgan fingerprint density at radius 2 is 1.74 bits per heavy atom. The van der Waals surface area contributed by atoms with Crippen molar-refractivity contribution in [3.05, 3.63) is 77.1 Å². The monoisotopic (exact) mass is 513 g/mol. The highest BCUT2D eigenvalue weighted by Gasteiger charge is 2.58. The summed E-state index contributed by atoms with van der Waals surface area (Å²) in [6.07, 6.45) is 6.02. The van der Waals surface area contributed by atoms with Crippen LogP contribution in [-0.4, -0.2) is 49.7 Å². The van der Waals surface area contributed by atoms with Crippen LogP contribution in [0.15, 0.2) is 54.6 Å². The quantitative estimate of drug-likeness (QED) is 0.284. The smallest absolute Gasteiger partial charge is 0.306 e. The van der Waals surface area contributed by atoms with E-state index in [0.29, 0.717) is 12.3 Å². The molecule has 0 N–H and O–H groups in total. The Bertz CT molecular complexity index is 1100. The molecule has 2 heterocycles. The van der Waals surface area contributed by atoms with Crippen LogP contribution in [0.4, 0.5) is 5.69 Å². The van der Waals surface area contributed by atoms with Gasteiger partial charge in [-0.1, -0.05) is 55.0 Å². The second kappa shape index (κ2) is 11.9. The van der Waals surface area contributed by atoms with Crippen LogP contribution in [0, 0.1) is 31.2 Å². The summed E-state index contributed by atoms with van der Waals surface area (Å²) in [5, 5.41) is 0. The molecule has 2 aromatic carbocycles. The van der Waals surface area contributed by atoms with E-state index in [2.05, 4.69) is 70.1 Å². The van der Waals surface area contributed by atoms with Gasteiger partial charge in [-0.05, 0) is 70.7 Å². The summed E-state index contributed by atoms with van der Waals surface area (Å²) < 4.78 is 6.04. The second-order valence-electron chi connectivity index (χ2n) is 11.8. The molecule has 0 aromatic heterocycles. The first kappa shape index (κ1) is 26.8. The highest BCUT2D eigenvalue weighted by molar-refractivity contribution is 5.69. The van der Waals surface area contributed by atoms with Crippen molar-refractivity contribution in [2.75, 3.05) is 37.6 Å². The zero-order chi connectivity index (χ0) is 26.5. The molecule has 5 heteroatoms. The van der Waals surface area contributed by atoms with Gasteiger partial charge in [0, 0.05) is 49.1 Å². The number of benzene rings is 2. The van der Waals surface area contributed by atoms with Gasteiger partial charge >= 0.3 is 5.97 Å². The van der Waals surface area contributed by atoms with Crippen molar-refractivity contribution in [1.29, 1.82) is 0 Å². The highest BCUT2D eigenvalue weighted by Crippen LogP contribution is 2.52. The summed E-state index contributed by atoms with van der Waals surface area (Å²) in [6.45, 7) is 18.2. The van der Waals surface area contributed by atoms with Crippen LogP contribution in [-0.2, 0) is 15.1 Å². The maximum absolute atomic E-state index is 12.5. The lowest BCUT2D eigenvalue weighted by molar-refractivity contribution is -0.152. The summed E-state index contributed by atoms with van der Waals surface area (Å²) in [4.78, 5) is 22.1. The van der Waals surface area contributed by atoms with Gasteiger partial charge in [-0.3, -0.25) is 4.79 Å². The van der Waals surface area contributed by atoms with Crippen LogP contribution in [0.3, 0.4) is 0 Å². The molecule has 3 aliphatic rings. The molecule has 3 fully saturated rings. The van der Waals surface area contributed by atoms with Crippen LogP contribution >= 0.6 is 0 Å². The normalized spacial score (nSPS) is 24.4. The molecule has 38 heavy (non-hydrogen) atoms. The maximum Gasteiger partial charge on any atom is 0.306 e. The molecule has 0 radical (unpaired) electrons. The Morgan fingerprint density at radius 3 is 2.39 bits per heavy atom. The molecule has 2 saturated heterocycles. The molecule has 5 nitrogen and oxygen atoms in total. The third-order valence-corrected chi connectivity index (χ3v) is 9.26. The van der Waals surface area contributed by atoms with Crippen molar-refractivity contribution < 1.29 is 9.53 Å². The minimum absolute atomic E-state index is 0.0643. The molecular formula is C33H43N3O2. The molecule has 2 aromatic rings. The van der Waals surface area contributed by atoms with Crippen LogP contribution < -0.4 is 4.90 Å². The van der Waals surface area contributed by atoms with Crippen LogP contribution in [0.2, 0.25) is 0 Å². The first-order valence-corrected chi connectivity index (χ1v) is 14.7. The second-order valence-corrected chi connectivity index (χ2v) is 11.8. The lowest BCUT2D eigenvalue weighted by atomic mass is 9.65. The van der Waals surface area contributed by atoms with Gasteiger partial charge in [-0.25, -0.2) is 6.57 Å².